The normalized spacial score (nSPS) is 13.6. The SMILES string of the molecule is Nc1ccc2c(c1)C(=O)N=C2. The second-order valence-electron chi connectivity index (χ2n) is 2.41. The summed E-state index contributed by atoms with van der Waals surface area (Å²) in [6.07, 6.45) is 1.55. The summed E-state index contributed by atoms with van der Waals surface area (Å²) in [5, 5.41) is 0. The first-order valence-corrected chi connectivity index (χ1v) is 3.25. The van der Waals surface area contributed by atoms with Crippen LogP contribution in [0.25, 0.3) is 0 Å². The molecule has 0 radical (unpaired) electrons. The molecule has 0 saturated heterocycles. The zero-order valence-corrected chi connectivity index (χ0v) is 5.74. The van der Waals surface area contributed by atoms with Gasteiger partial charge in [-0.15, -0.1) is 0 Å². The summed E-state index contributed by atoms with van der Waals surface area (Å²) < 4.78 is 0. The van der Waals surface area contributed by atoms with Crippen molar-refractivity contribution in [2.24, 2.45) is 4.99 Å². The summed E-state index contributed by atoms with van der Waals surface area (Å²) in [5.74, 6) is -0.202. The van der Waals surface area contributed by atoms with E-state index < -0.39 is 0 Å². The number of amides is 1. The molecular formula is C8H6N2O. The molecule has 0 fully saturated rings. The lowest BCUT2D eigenvalue weighted by Gasteiger charge is -1.95. The van der Waals surface area contributed by atoms with Gasteiger partial charge in [-0.05, 0) is 12.1 Å². The molecule has 1 aliphatic heterocycles. The van der Waals surface area contributed by atoms with E-state index in [1.807, 2.05) is 0 Å². The highest BCUT2D eigenvalue weighted by atomic mass is 16.1. The van der Waals surface area contributed by atoms with Crippen LogP contribution in [0, 0.1) is 0 Å². The van der Waals surface area contributed by atoms with Crippen molar-refractivity contribution in [3.05, 3.63) is 29.3 Å². The van der Waals surface area contributed by atoms with Crippen molar-refractivity contribution in [1.82, 2.24) is 0 Å². The van der Waals surface area contributed by atoms with E-state index in [0.29, 0.717) is 11.3 Å². The van der Waals surface area contributed by atoms with E-state index in [9.17, 15) is 4.79 Å². The molecule has 2 rings (SSSR count). The van der Waals surface area contributed by atoms with Crippen LogP contribution in [0.5, 0.6) is 0 Å². The number of hydrogen-bond donors (Lipinski definition) is 1. The number of nitrogen functional groups attached to an aromatic ring is 1. The molecule has 1 heterocycles. The zero-order valence-electron chi connectivity index (χ0n) is 5.74. The van der Waals surface area contributed by atoms with Gasteiger partial charge in [-0.2, -0.15) is 0 Å². The van der Waals surface area contributed by atoms with Gasteiger partial charge in [0.25, 0.3) is 5.91 Å². The van der Waals surface area contributed by atoms with Gasteiger partial charge < -0.3 is 5.73 Å². The number of carbonyl (C=O) groups is 1. The number of nitrogens with two attached hydrogens (primary N) is 1. The van der Waals surface area contributed by atoms with E-state index in [0.717, 1.165) is 5.56 Å². The average Bonchev–Trinajstić information content (AvgIpc) is 2.33. The Labute approximate surface area is 63.6 Å². The van der Waals surface area contributed by atoms with Crippen LogP contribution in [0.2, 0.25) is 0 Å². The van der Waals surface area contributed by atoms with Gasteiger partial charge in [0.2, 0.25) is 0 Å². The molecule has 0 saturated carbocycles. The molecule has 0 unspecified atom stereocenters. The molecule has 1 aromatic rings. The number of rotatable bonds is 0. The Morgan fingerprint density at radius 3 is 3.00 bits per heavy atom. The standard InChI is InChI=1S/C8H6N2O/c9-6-2-1-5-4-10-8(11)7(5)3-6/h1-4H,9H2. The summed E-state index contributed by atoms with van der Waals surface area (Å²) in [5.41, 5.74) is 7.54. The molecule has 0 aliphatic carbocycles. The number of anilines is 1. The summed E-state index contributed by atoms with van der Waals surface area (Å²) in [6.45, 7) is 0. The Morgan fingerprint density at radius 2 is 2.18 bits per heavy atom. The smallest absolute Gasteiger partial charge is 0.277 e. The number of fused-ring (bicyclic) bond motifs is 1. The molecule has 0 spiro atoms. The van der Waals surface area contributed by atoms with E-state index in [1.165, 1.54) is 0 Å². The van der Waals surface area contributed by atoms with Crippen molar-refractivity contribution in [3.8, 4) is 0 Å². The monoisotopic (exact) mass is 146 g/mol. The van der Waals surface area contributed by atoms with Crippen LogP contribution in [0.3, 0.4) is 0 Å². The third-order valence-electron chi connectivity index (χ3n) is 1.63. The molecule has 3 nitrogen and oxygen atoms in total. The molecule has 11 heavy (non-hydrogen) atoms. The number of benzene rings is 1. The molecule has 0 aromatic heterocycles. The second-order valence-corrected chi connectivity index (χ2v) is 2.41. The minimum atomic E-state index is -0.202. The van der Waals surface area contributed by atoms with Crippen molar-refractivity contribution in [2.45, 2.75) is 0 Å². The largest absolute Gasteiger partial charge is 0.399 e. The van der Waals surface area contributed by atoms with Crippen LogP contribution in [0.15, 0.2) is 23.2 Å². The van der Waals surface area contributed by atoms with Crippen molar-refractivity contribution in [1.29, 1.82) is 0 Å². The number of carbonyl (C=O) groups excluding carboxylic acids is 1. The van der Waals surface area contributed by atoms with Crippen LogP contribution in [0.1, 0.15) is 15.9 Å². The lowest BCUT2D eigenvalue weighted by Crippen LogP contribution is -1.94. The molecule has 1 amide bonds. The molecular weight excluding hydrogens is 140 g/mol. The van der Waals surface area contributed by atoms with Crippen molar-refractivity contribution < 1.29 is 4.79 Å². The first-order valence-electron chi connectivity index (χ1n) is 3.25. The molecule has 1 aliphatic rings. The molecule has 1 aromatic carbocycles. The Bertz CT molecular complexity index is 355. The fraction of sp³-hybridized carbons (Fsp3) is 0. The van der Waals surface area contributed by atoms with E-state index in [2.05, 4.69) is 4.99 Å². The van der Waals surface area contributed by atoms with Gasteiger partial charge in [-0.3, -0.25) is 4.79 Å². The van der Waals surface area contributed by atoms with Crippen LogP contribution >= 0.6 is 0 Å². The van der Waals surface area contributed by atoms with Gasteiger partial charge in [-0.1, -0.05) is 6.07 Å². The number of nitrogens with zero attached hydrogens (tertiary/aromatic N) is 1. The molecule has 3 heteroatoms. The molecule has 0 atom stereocenters. The molecule has 2 N–H and O–H groups in total. The zero-order chi connectivity index (χ0) is 7.84. The topological polar surface area (TPSA) is 55.5 Å². The van der Waals surface area contributed by atoms with Gasteiger partial charge in [0, 0.05) is 17.5 Å². The maximum absolute atomic E-state index is 11.0. The van der Waals surface area contributed by atoms with Crippen molar-refractivity contribution >= 4 is 17.8 Å². The van der Waals surface area contributed by atoms with Crippen LogP contribution in [0.4, 0.5) is 5.69 Å². The highest BCUT2D eigenvalue weighted by molar-refractivity contribution is 6.13. The van der Waals surface area contributed by atoms with Crippen LogP contribution in [-0.4, -0.2) is 12.1 Å². The van der Waals surface area contributed by atoms with Gasteiger partial charge in [0.1, 0.15) is 0 Å². The van der Waals surface area contributed by atoms with E-state index in [1.54, 1.807) is 24.4 Å². The van der Waals surface area contributed by atoms with Gasteiger partial charge in [0.05, 0.1) is 5.56 Å². The lowest BCUT2D eigenvalue weighted by molar-refractivity contribution is 0.101. The minimum absolute atomic E-state index is 0.202. The fourth-order valence-electron chi connectivity index (χ4n) is 1.07. The van der Waals surface area contributed by atoms with Crippen LogP contribution < -0.4 is 5.73 Å². The van der Waals surface area contributed by atoms with Gasteiger partial charge in [0.15, 0.2) is 0 Å². The lowest BCUT2D eigenvalue weighted by atomic mass is 10.1. The third kappa shape index (κ3) is 0.816. The van der Waals surface area contributed by atoms with Crippen molar-refractivity contribution in [2.75, 3.05) is 5.73 Å². The van der Waals surface area contributed by atoms with Crippen LogP contribution in [-0.2, 0) is 0 Å². The summed E-state index contributed by atoms with van der Waals surface area (Å²) in [4.78, 5) is 14.6. The minimum Gasteiger partial charge on any atom is -0.399 e. The van der Waals surface area contributed by atoms with E-state index in [4.69, 9.17) is 5.73 Å². The fourth-order valence-corrected chi connectivity index (χ4v) is 1.07. The summed E-state index contributed by atoms with van der Waals surface area (Å²) in [7, 11) is 0. The predicted molar refractivity (Wildman–Crippen MR) is 42.8 cm³/mol. The summed E-state index contributed by atoms with van der Waals surface area (Å²) in [6, 6.07) is 5.19. The van der Waals surface area contributed by atoms with E-state index >= 15 is 0 Å². The number of hydrogen-bond acceptors (Lipinski definition) is 2. The maximum Gasteiger partial charge on any atom is 0.277 e. The quantitative estimate of drug-likeness (QED) is 0.551. The number of aliphatic imine (C=N–C) groups is 1. The summed E-state index contributed by atoms with van der Waals surface area (Å²) >= 11 is 0. The molecule has 54 valence electrons. The Kier molecular flexibility index (Phi) is 1.06. The van der Waals surface area contributed by atoms with Gasteiger partial charge >= 0.3 is 0 Å². The second kappa shape index (κ2) is 1.92. The Morgan fingerprint density at radius 1 is 1.36 bits per heavy atom. The van der Waals surface area contributed by atoms with Gasteiger partial charge in [-0.25, -0.2) is 4.99 Å². The maximum atomic E-state index is 11.0. The van der Waals surface area contributed by atoms with Crippen molar-refractivity contribution in [3.63, 3.8) is 0 Å². The average molecular weight is 146 g/mol. The predicted octanol–water partition coefficient (Wildman–Crippen LogP) is 0.842. The molecule has 0 bridgehead atoms. The highest BCUT2D eigenvalue weighted by Crippen LogP contribution is 2.17. The Balaban J connectivity index is 2.67. The van der Waals surface area contributed by atoms with E-state index in [-0.39, 0.29) is 5.91 Å². The first-order chi connectivity index (χ1) is 5.27. The highest BCUT2D eigenvalue weighted by Gasteiger charge is 2.14. The third-order valence-corrected chi connectivity index (χ3v) is 1.63. The first kappa shape index (κ1) is 6.09. The Hall–Kier alpha value is -1.64.